The topological polar surface area (TPSA) is 119 Å². The molecular weight excluding hydrogens is 430 g/mol. The summed E-state index contributed by atoms with van der Waals surface area (Å²) in [5.74, 6) is -0.561. The van der Waals surface area contributed by atoms with Gasteiger partial charge in [0.15, 0.2) is 0 Å². The van der Waals surface area contributed by atoms with Gasteiger partial charge in [0, 0.05) is 16.4 Å². The number of nitrogens with zero attached hydrogens (tertiary/aromatic N) is 5. The average Bonchev–Trinajstić information content (AvgIpc) is 3.19. The lowest BCUT2D eigenvalue weighted by atomic mass is 9.78. The number of halogens is 1. The van der Waals surface area contributed by atoms with Crippen molar-refractivity contribution in [3.05, 3.63) is 59.6 Å². The smallest absolute Gasteiger partial charge is 0.250 e. The fourth-order valence-electron chi connectivity index (χ4n) is 4.23. The fourth-order valence-corrected chi connectivity index (χ4v) is 4.41. The maximum atomic E-state index is 13.8. The van der Waals surface area contributed by atoms with Crippen LogP contribution in [0.3, 0.4) is 0 Å². The van der Waals surface area contributed by atoms with Crippen LogP contribution in [0.25, 0.3) is 0 Å². The Morgan fingerprint density at radius 1 is 1.09 bits per heavy atom. The van der Waals surface area contributed by atoms with Gasteiger partial charge in [-0.3, -0.25) is 14.5 Å². The Morgan fingerprint density at radius 2 is 1.84 bits per heavy atom. The van der Waals surface area contributed by atoms with Gasteiger partial charge in [0.05, 0.1) is 0 Å². The highest BCUT2D eigenvalue weighted by Gasteiger charge is 2.48. The second-order valence-corrected chi connectivity index (χ2v) is 8.25. The molecule has 1 fully saturated rings. The number of aromatic nitrogens is 4. The molecule has 2 aromatic carbocycles. The molecule has 3 aromatic rings. The number of carbonyl (C=O) groups excluding carboxylic acids is 2. The predicted octanol–water partition coefficient (Wildman–Crippen LogP) is 3.28. The SMILES string of the molecule is Nc1nnnn1CC(=O)N(c1cccc(Cl)c1)C1(C(=O)Nc2ccccc2)CCCCC1. The molecule has 0 saturated heterocycles. The average molecular weight is 454 g/mol. The number of nitrogen functional groups attached to an aromatic ring is 1. The molecule has 2 amide bonds. The zero-order chi connectivity index (χ0) is 22.6. The molecule has 0 radical (unpaired) electrons. The largest absolute Gasteiger partial charge is 0.367 e. The van der Waals surface area contributed by atoms with Gasteiger partial charge in [-0.25, -0.2) is 4.68 Å². The quantitative estimate of drug-likeness (QED) is 0.591. The number of hydrogen-bond donors (Lipinski definition) is 2. The summed E-state index contributed by atoms with van der Waals surface area (Å²) in [4.78, 5) is 29.0. The van der Waals surface area contributed by atoms with Gasteiger partial charge >= 0.3 is 0 Å². The molecule has 10 heteroatoms. The Labute approximate surface area is 190 Å². The number of tetrazole rings is 1. The minimum atomic E-state index is -1.08. The van der Waals surface area contributed by atoms with Gasteiger partial charge in [-0.05, 0) is 53.6 Å². The zero-order valence-electron chi connectivity index (χ0n) is 17.4. The molecule has 3 N–H and O–H groups in total. The number of nitrogens with one attached hydrogen (secondary N) is 1. The minimum Gasteiger partial charge on any atom is -0.367 e. The lowest BCUT2D eigenvalue weighted by Crippen LogP contribution is -2.61. The molecule has 1 aliphatic rings. The van der Waals surface area contributed by atoms with Gasteiger partial charge in [0.25, 0.3) is 5.91 Å². The number of para-hydroxylation sites is 1. The molecular formula is C22H24ClN7O2. The third-order valence-electron chi connectivity index (χ3n) is 5.72. The number of rotatable bonds is 6. The summed E-state index contributed by atoms with van der Waals surface area (Å²) in [5, 5.41) is 14.4. The molecule has 1 heterocycles. The lowest BCUT2D eigenvalue weighted by molar-refractivity contribution is -0.128. The van der Waals surface area contributed by atoms with Crippen LogP contribution in [0.15, 0.2) is 54.6 Å². The number of anilines is 3. The lowest BCUT2D eigenvalue weighted by Gasteiger charge is -2.45. The van der Waals surface area contributed by atoms with E-state index in [1.165, 1.54) is 4.68 Å². The first-order chi connectivity index (χ1) is 15.5. The van der Waals surface area contributed by atoms with Gasteiger partial charge in [0.2, 0.25) is 11.9 Å². The Morgan fingerprint density at radius 3 is 2.50 bits per heavy atom. The maximum Gasteiger partial charge on any atom is 0.250 e. The first kappa shape index (κ1) is 21.8. The van der Waals surface area contributed by atoms with Crippen molar-refractivity contribution in [2.45, 2.75) is 44.2 Å². The van der Waals surface area contributed by atoms with Crippen LogP contribution in [0.2, 0.25) is 5.02 Å². The number of nitrogens with two attached hydrogens (primary N) is 1. The second-order valence-electron chi connectivity index (χ2n) is 7.82. The third-order valence-corrected chi connectivity index (χ3v) is 5.96. The van der Waals surface area contributed by atoms with E-state index in [4.69, 9.17) is 17.3 Å². The van der Waals surface area contributed by atoms with Crippen molar-refractivity contribution in [3.8, 4) is 0 Å². The normalized spacial score (nSPS) is 15.2. The summed E-state index contributed by atoms with van der Waals surface area (Å²) in [5.41, 5.74) is 5.91. The summed E-state index contributed by atoms with van der Waals surface area (Å²) < 4.78 is 1.21. The standard InChI is InChI=1S/C22H24ClN7O2/c23-16-8-7-11-18(14-16)30(19(31)15-29-21(24)26-27-28-29)22(12-5-2-6-13-22)20(32)25-17-9-3-1-4-10-17/h1,3-4,7-11,14H,2,5-6,12-13,15H2,(H,25,32)(H2,24,26,28). The van der Waals surface area contributed by atoms with Crippen molar-refractivity contribution in [1.82, 2.24) is 20.2 Å². The van der Waals surface area contributed by atoms with Gasteiger partial charge < -0.3 is 11.1 Å². The monoisotopic (exact) mass is 453 g/mol. The van der Waals surface area contributed by atoms with E-state index in [0.717, 1.165) is 19.3 Å². The first-order valence-corrected chi connectivity index (χ1v) is 10.8. The highest BCUT2D eigenvalue weighted by molar-refractivity contribution is 6.31. The molecule has 166 valence electrons. The molecule has 1 aromatic heterocycles. The minimum absolute atomic E-state index is 0.0239. The van der Waals surface area contributed by atoms with Gasteiger partial charge in [-0.2, -0.15) is 0 Å². The molecule has 0 unspecified atom stereocenters. The van der Waals surface area contributed by atoms with Crippen LogP contribution >= 0.6 is 11.6 Å². The highest BCUT2D eigenvalue weighted by atomic mass is 35.5. The fraction of sp³-hybridized carbons (Fsp3) is 0.318. The van der Waals surface area contributed by atoms with Gasteiger partial charge in [-0.15, -0.1) is 0 Å². The predicted molar refractivity (Wildman–Crippen MR) is 122 cm³/mol. The summed E-state index contributed by atoms with van der Waals surface area (Å²) in [6.07, 6.45) is 3.68. The van der Waals surface area contributed by atoms with Crippen molar-refractivity contribution in [1.29, 1.82) is 0 Å². The molecule has 1 aliphatic carbocycles. The van der Waals surface area contributed by atoms with Crippen LogP contribution in [-0.2, 0) is 16.1 Å². The van der Waals surface area contributed by atoms with E-state index in [0.29, 0.717) is 29.2 Å². The Kier molecular flexibility index (Phi) is 6.36. The van der Waals surface area contributed by atoms with E-state index in [1.54, 1.807) is 29.2 Å². The van der Waals surface area contributed by atoms with Crippen LogP contribution in [-0.4, -0.2) is 37.6 Å². The van der Waals surface area contributed by atoms with E-state index >= 15 is 0 Å². The van der Waals surface area contributed by atoms with Crippen LogP contribution < -0.4 is 16.0 Å². The van der Waals surface area contributed by atoms with Gasteiger partial charge in [-0.1, -0.05) is 60.2 Å². The maximum absolute atomic E-state index is 13.8. The Balaban J connectivity index is 1.76. The molecule has 32 heavy (non-hydrogen) atoms. The molecule has 4 rings (SSSR count). The molecule has 0 spiro atoms. The van der Waals surface area contributed by atoms with E-state index in [-0.39, 0.29) is 24.3 Å². The number of benzene rings is 2. The van der Waals surface area contributed by atoms with Crippen molar-refractivity contribution in [2.75, 3.05) is 16.0 Å². The summed E-state index contributed by atoms with van der Waals surface area (Å²) in [6, 6.07) is 16.2. The molecule has 0 atom stereocenters. The Hall–Kier alpha value is -3.46. The Bertz CT molecular complexity index is 1100. The van der Waals surface area contributed by atoms with Crippen molar-refractivity contribution < 1.29 is 9.59 Å². The van der Waals surface area contributed by atoms with E-state index in [1.807, 2.05) is 30.3 Å². The zero-order valence-corrected chi connectivity index (χ0v) is 18.2. The van der Waals surface area contributed by atoms with E-state index in [2.05, 4.69) is 20.8 Å². The highest BCUT2D eigenvalue weighted by Crippen LogP contribution is 2.39. The summed E-state index contributed by atoms with van der Waals surface area (Å²) in [7, 11) is 0. The number of hydrogen-bond acceptors (Lipinski definition) is 6. The summed E-state index contributed by atoms with van der Waals surface area (Å²) >= 11 is 6.26. The van der Waals surface area contributed by atoms with Crippen LogP contribution in [0.4, 0.5) is 17.3 Å². The van der Waals surface area contributed by atoms with Crippen LogP contribution in [0.5, 0.6) is 0 Å². The van der Waals surface area contributed by atoms with E-state index in [9.17, 15) is 9.59 Å². The molecule has 0 bridgehead atoms. The van der Waals surface area contributed by atoms with Crippen LogP contribution in [0, 0.1) is 0 Å². The number of amides is 2. The molecule has 1 saturated carbocycles. The molecule has 9 nitrogen and oxygen atoms in total. The van der Waals surface area contributed by atoms with Crippen molar-refractivity contribution >= 4 is 40.7 Å². The molecule has 0 aliphatic heterocycles. The summed E-state index contributed by atoms with van der Waals surface area (Å²) in [6.45, 7) is -0.203. The van der Waals surface area contributed by atoms with E-state index < -0.39 is 5.54 Å². The van der Waals surface area contributed by atoms with Crippen molar-refractivity contribution in [2.24, 2.45) is 0 Å². The second kappa shape index (κ2) is 9.35. The number of carbonyl (C=O) groups is 2. The van der Waals surface area contributed by atoms with Crippen molar-refractivity contribution in [3.63, 3.8) is 0 Å². The first-order valence-electron chi connectivity index (χ1n) is 10.5. The third kappa shape index (κ3) is 4.43. The van der Waals surface area contributed by atoms with Crippen LogP contribution in [0.1, 0.15) is 32.1 Å². The van der Waals surface area contributed by atoms with Gasteiger partial charge in [0.1, 0.15) is 12.1 Å².